The van der Waals surface area contributed by atoms with Crippen molar-refractivity contribution in [2.75, 3.05) is 12.0 Å². The Morgan fingerprint density at radius 3 is 2.88 bits per heavy atom. The first-order valence-electron chi connectivity index (χ1n) is 6.00. The maximum Gasteiger partial charge on any atom is 0.149 e. The minimum Gasteiger partial charge on any atom is -0.388 e. The molecule has 1 aromatic heterocycles. The van der Waals surface area contributed by atoms with Gasteiger partial charge in [0.15, 0.2) is 0 Å². The fourth-order valence-corrected chi connectivity index (χ4v) is 2.83. The predicted octanol–water partition coefficient (Wildman–Crippen LogP) is 1.29. The van der Waals surface area contributed by atoms with Crippen molar-refractivity contribution < 1.29 is 13.5 Å². The van der Waals surface area contributed by atoms with E-state index in [1.54, 1.807) is 0 Å². The summed E-state index contributed by atoms with van der Waals surface area (Å²) in [5.74, 6) is 0.149. The Bertz CT molecular complexity index is 490. The van der Waals surface area contributed by atoms with E-state index in [1.807, 2.05) is 17.0 Å². The fourth-order valence-electron chi connectivity index (χ4n) is 2.29. The fraction of sp³-hybridized carbons (Fsp3) is 0.667. The summed E-state index contributed by atoms with van der Waals surface area (Å²) in [6.07, 6.45) is 8.69. The van der Waals surface area contributed by atoms with Gasteiger partial charge >= 0.3 is 0 Å². The highest BCUT2D eigenvalue weighted by Gasteiger charge is 2.18. The second-order valence-electron chi connectivity index (χ2n) is 4.87. The van der Waals surface area contributed by atoms with Crippen molar-refractivity contribution in [2.45, 2.75) is 38.3 Å². The van der Waals surface area contributed by atoms with Crippen molar-refractivity contribution in [2.24, 2.45) is 0 Å². The summed E-state index contributed by atoms with van der Waals surface area (Å²) in [6, 6.07) is 0. The number of hydrogen-bond donors (Lipinski definition) is 1. The van der Waals surface area contributed by atoms with E-state index >= 15 is 0 Å². The van der Waals surface area contributed by atoms with Gasteiger partial charge in [-0.15, -0.1) is 0 Å². The van der Waals surface area contributed by atoms with E-state index in [4.69, 9.17) is 0 Å². The first kappa shape index (κ1) is 12.6. The molecule has 0 spiro atoms. The standard InChI is InChI=1S/C12H19NO3S/c1-17(15,16)7-6-13-8-10-4-2-3-5-12(14)11(10)9-13/h8-9,12,14H,2-7H2,1H3. The second kappa shape index (κ2) is 4.82. The lowest BCUT2D eigenvalue weighted by atomic mass is 10.1. The van der Waals surface area contributed by atoms with Gasteiger partial charge in [-0.25, -0.2) is 8.42 Å². The van der Waals surface area contributed by atoms with Gasteiger partial charge in [0.2, 0.25) is 0 Å². The molecule has 2 rings (SSSR count). The summed E-state index contributed by atoms with van der Waals surface area (Å²) in [4.78, 5) is 0. The second-order valence-corrected chi connectivity index (χ2v) is 7.13. The van der Waals surface area contributed by atoms with E-state index in [0.717, 1.165) is 31.2 Å². The number of sulfone groups is 1. The molecule has 1 aliphatic carbocycles. The Hall–Kier alpha value is -0.810. The van der Waals surface area contributed by atoms with Crippen LogP contribution in [0.3, 0.4) is 0 Å². The average Bonchev–Trinajstić information content (AvgIpc) is 2.57. The maximum atomic E-state index is 11.1. The van der Waals surface area contributed by atoms with Crippen LogP contribution in [0.4, 0.5) is 0 Å². The van der Waals surface area contributed by atoms with Crippen LogP contribution in [0.15, 0.2) is 12.4 Å². The zero-order valence-corrected chi connectivity index (χ0v) is 10.9. The van der Waals surface area contributed by atoms with E-state index in [9.17, 15) is 13.5 Å². The Kier molecular flexibility index (Phi) is 3.58. The van der Waals surface area contributed by atoms with Crippen LogP contribution in [0.1, 0.15) is 36.5 Å². The number of aryl methyl sites for hydroxylation is 2. The summed E-state index contributed by atoms with van der Waals surface area (Å²) in [5, 5.41) is 9.95. The highest BCUT2D eigenvalue weighted by Crippen LogP contribution is 2.29. The molecular weight excluding hydrogens is 238 g/mol. The molecule has 1 aromatic rings. The summed E-state index contributed by atoms with van der Waals surface area (Å²) < 4.78 is 24.1. The molecule has 1 heterocycles. The minimum atomic E-state index is -2.93. The number of fused-ring (bicyclic) bond motifs is 1. The molecular formula is C12H19NO3S. The highest BCUT2D eigenvalue weighted by atomic mass is 32.2. The molecule has 0 saturated heterocycles. The maximum absolute atomic E-state index is 11.1. The normalized spacial score (nSPS) is 20.9. The number of aliphatic hydroxyl groups is 1. The van der Waals surface area contributed by atoms with Gasteiger partial charge in [-0.3, -0.25) is 0 Å². The number of aliphatic hydroxyl groups excluding tert-OH is 1. The van der Waals surface area contributed by atoms with Gasteiger partial charge in [0.05, 0.1) is 11.9 Å². The molecule has 0 saturated carbocycles. The zero-order valence-electron chi connectivity index (χ0n) is 10.1. The quantitative estimate of drug-likeness (QED) is 0.830. The van der Waals surface area contributed by atoms with Crippen LogP contribution in [-0.2, 0) is 22.8 Å². The van der Waals surface area contributed by atoms with Crippen LogP contribution in [-0.4, -0.2) is 30.1 Å². The predicted molar refractivity (Wildman–Crippen MR) is 66.7 cm³/mol. The van der Waals surface area contributed by atoms with Crippen LogP contribution in [0, 0.1) is 0 Å². The van der Waals surface area contributed by atoms with Crippen molar-refractivity contribution in [3.05, 3.63) is 23.5 Å². The lowest BCUT2D eigenvalue weighted by Crippen LogP contribution is -2.10. The van der Waals surface area contributed by atoms with Gasteiger partial charge < -0.3 is 9.67 Å². The molecule has 96 valence electrons. The molecule has 1 unspecified atom stereocenters. The van der Waals surface area contributed by atoms with Crippen molar-refractivity contribution in [3.63, 3.8) is 0 Å². The third kappa shape index (κ3) is 3.33. The molecule has 17 heavy (non-hydrogen) atoms. The minimum absolute atomic E-state index is 0.149. The molecule has 0 radical (unpaired) electrons. The third-order valence-electron chi connectivity index (χ3n) is 3.25. The summed E-state index contributed by atoms with van der Waals surface area (Å²) in [6.45, 7) is 0.471. The number of hydrogen-bond acceptors (Lipinski definition) is 3. The highest BCUT2D eigenvalue weighted by molar-refractivity contribution is 7.90. The van der Waals surface area contributed by atoms with E-state index in [2.05, 4.69) is 0 Å². The van der Waals surface area contributed by atoms with Crippen molar-refractivity contribution in [1.29, 1.82) is 0 Å². The van der Waals surface area contributed by atoms with E-state index in [0.29, 0.717) is 6.54 Å². The molecule has 0 fully saturated rings. The lowest BCUT2D eigenvalue weighted by molar-refractivity contribution is 0.166. The SMILES string of the molecule is CS(=O)(=O)CCn1cc2c(c1)C(O)CCCC2. The van der Waals surface area contributed by atoms with Crippen molar-refractivity contribution >= 4 is 9.84 Å². The Morgan fingerprint density at radius 2 is 2.18 bits per heavy atom. The van der Waals surface area contributed by atoms with Gasteiger partial charge in [0.1, 0.15) is 9.84 Å². The van der Waals surface area contributed by atoms with Crippen molar-refractivity contribution in [3.8, 4) is 0 Å². The van der Waals surface area contributed by atoms with Gasteiger partial charge in [-0.2, -0.15) is 0 Å². The van der Waals surface area contributed by atoms with E-state index in [1.165, 1.54) is 11.8 Å². The number of aromatic nitrogens is 1. The monoisotopic (exact) mass is 257 g/mol. The first-order valence-corrected chi connectivity index (χ1v) is 8.06. The zero-order chi connectivity index (χ0) is 12.5. The first-order chi connectivity index (χ1) is 7.96. The van der Waals surface area contributed by atoms with Gasteiger partial charge in [-0.05, 0) is 24.8 Å². The largest absolute Gasteiger partial charge is 0.388 e. The molecule has 1 N–H and O–H groups in total. The summed E-state index contributed by atoms with van der Waals surface area (Å²) in [7, 11) is -2.93. The van der Waals surface area contributed by atoms with Crippen LogP contribution in [0.2, 0.25) is 0 Å². The van der Waals surface area contributed by atoms with Crippen molar-refractivity contribution in [1.82, 2.24) is 4.57 Å². The lowest BCUT2D eigenvalue weighted by Gasteiger charge is -2.06. The van der Waals surface area contributed by atoms with E-state index in [-0.39, 0.29) is 11.9 Å². The molecule has 0 bridgehead atoms. The van der Waals surface area contributed by atoms with E-state index < -0.39 is 9.84 Å². The van der Waals surface area contributed by atoms with Crippen LogP contribution in [0.5, 0.6) is 0 Å². The van der Waals surface area contributed by atoms with Crippen LogP contribution in [0.25, 0.3) is 0 Å². The third-order valence-corrected chi connectivity index (χ3v) is 4.17. The smallest absolute Gasteiger partial charge is 0.149 e. The van der Waals surface area contributed by atoms with Gasteiger partial charge in [0, 0.05) is 30.8 Å². The van der Waals surface area contributed by atoms with Crippen LogP contribution >= 0.6 is 0 Å². The molecule has 0 amide bonds. The topological polar surface area (TPSA) is 59.3 Å². The number of rotatable bonds is 3. The average molecular weight is 257 g/mol. The Morgan fingerprint density at radius 1 is 1.41 bits per heavy atom. The molecule has 4 nitrogen and oxygen atoms in total. The molecule has 0 aromatic carbocycles. The molecule has 0 aliphatic heterocycles. The molecule has 5 heteroatoms. The number of nitrogens with zero attached hydrogens (tertiary/aromatic N) is 1. The van der Waals surface area contributed by atoms with Crippen LogP contribution < -0.4 is 0 Å². The Labute approximate surface area is 102 Å². The Balaban J connectivity index is 2.14. The summed E-state index contributed by atoms with van der Waals surface area (Å²) in [5.41, 5.74) is 2.15. The molecule has 1 aliphatic rings. The van der Waals surface area contributed by atoms with Gasteiger partial charge in [0.25, 0.3) is 0 Å². The summed E-state index contributed by atoms with van der Waals surface area (Å²) >= 11 is 0. The molecule has 1 atom stereocenters. The van der Waals surface area contributed by atoms with Gasteiger partial charge in [-0.1, -0.05) is 6.42 Å².